The third kappa shape index (κ3) is 4.56. The summed E-state index contributed by atoms with van der Waals surface area (Å²) < 4.78 is 5.26. The molecule has 2 aromatic rings. The number of aromatic nitrogens is 1. The van der Waals surface area contributed by atoms with Crippen molar-refractivity contribution < 1.29 is 9.53 Å². The van der Waals surface area contributed by atoms with Gasteiger partial charge in [0.05, 0.1) is 16.4 Å². The molecular weight excluding hydrogens is 284 g/mol. The van der Waals surface area contributed by atoms with Crippen molar-refractivity contribution in [1.29, 1.82) is 0 Å². The molecule has 0 aliphatic carbocycles. The molecule has 2 rings (SSSR count). The molecule has 0 bridgehead atoms. The van der Waals surface area contributed by atoms with Crippen LogP contribution in [0.1, 0.15) is 39.3 Å². The van der Waals surface area contributed by atoms with Crippen LogP contribution in [0.15, 0.2) is 36.0 Å². The van der Waals surface area contributed by atoms with Crippen LogP contribution in [0.5, 0.6) is 0 Å². The Hall–Kier alpha value is -1.88. The lowest BCUT2D eigenvalue weighted by Crippen LogP contribution is -2.34. The second kappa shape index (κ2) is 6.26. The Morgan fingerprint density at radius 2 is 1.95 bits per heavy atom. The van der Waals surface area contributed by atoms with Crippen LogP contribution < -0.4 is 5.32 Å². The van der Waals surface area contributed by atoms with Gasteiger partial charge in [-0.2, -0.15) is 0 Å². The third-order valence-corrected chi connectivity index (χ3v) is 3.68. The zero-order chi connectivity index (χ0) is 15.5. The van der Waals surface area contributed by atoms with Crippen molar-refractivity contribution in [2.45, 2.75) is 39.3 Å². The molecule has 0 saturated carbocycles. The number of carbonyl (C=O) groups is 1. The Bertz CT molecular complexity index is 586. The fourth-order valence-electron chi connectivity index (χ4n) is 1.86. The van der Waals surface area contributed by atoms with E-state index in [2.05, 4.69) is 10.3 Å². The third-order valence-electron chi connectivity index (χ3n) is 2.86. The Balaban J connectivity index is 2.00. The number of hydrogen-bond acceptors (Lipinski definition) is 4. The van der Waals surface area contributed by atoms with Crippen molar-refractivity contribution in [2.24, 2.45) is 0 Å². The van der Waals surface area contributed by atoms with E-state index in [1.54, 1.807) is 11.3 Å². The SMILES string of the molecule is CC(NC(=O)OC(C)(C)C)c1ccc(-c2cncs2)cc1. The number of ether oxygens (including phenoxy) is 1. The van der Waals surface area contributed by atoms with Crippen LogP contribution in [0.25, 0.3) is 10.4 Å². The summed E-state index contributed by atoms with van der Waals surface area (Å²) in [6, 6.07) is 8.00. The van der Waals surface area contributed by atoms with E-state index < -0.39 is 11.7 Å². The van der Waals surface area contributed by atoms with E-state index in [0.29, 0.717) is 0 Å². The van der Waals surface area contributed by atoms with Gasteiger partial charge in [-0.25, -0.2) is 4.79 Å². The van der Waals surface area contributed by atoms with Crippen LogP contribution in [0.2, 0.25) is 0 Å². The average Bonchev–Trinajstić information content (AvgIpc) is 2.90. The number of nitrogens with one attached hydrogen (secondary N) is 1. The summed E-state index contributed by atoms with van der Waals surface area (Å²) in [5, 5.41) is 2.84. The van der Waals surface area contributed by atoms with Gasteiger partial charge in [0.25, 0.3) is 0 Å². The van der Waals surface area contributed by atoms with Crippen LogP contribution in [0.3, 0.4) is 0 Å². The number of nitrogens with zero attached hydrogens (tertiary/aromatic N) is 1. The van der Waals surface area contributed by atoms with E-state index in [4.69, 9.17) is 4.74 Å². The van der Waals surface area contributed by atoms with Crippen LogP contribution in [-0.4, -0.2) is 16.7 Å². The van der Waals surface area contributed by atoms with E-state index >= 15 is 0 Å². The summed E-state index contributed by atoms with van der Waals surface area (Å²) in [7, 11) is 0. The first kappa shape index (κ1) is 15.5. The lowest BCUT2D eigenvalue weighted by Gasteiger charge is -2.22. The minimum absolute atomic E-state index is 0.102. The monoisotopic (exact) mass is 304 g/mol. The van der Waals surface area contributed by atoms with Crippen molar-refractivity contribution in [1.82, 2.24) is 10.3 Å². The molecule has 0 fully saturated rings. The van der Waals surface area contributed by atoms with Gasteiger partial charge in [-0.1, -0.05) is 24.3 Å². The molecule has 1 N–H and O–H groups in total. The molecule has 0 aliphatic heterocycles. The van der Waals surface area contributed by atoms with Crippen molar-refractivity contribution in [3.05, 3.63) is 41.5 Å². The predicted octanol–water partition coefficient (Wildman–Crippen LogP) is 4.40. The summed E-state index contributed by atoms with van der Waals surface area (Å²) in [5.74, 6) is 0. The fourth-order valence-corrected chi connectivity index (χ4v) is 2.49. The zero-order valence-corrected chi connectivity index (χ0v) is 13.5. The molecule has 4 nitrogen and oxygen atoms in total. The second-order valence-electron chi connectivity index (χ2n) is 5.86. The average molecular weight is 304 g/mol. The van der Waals surface area contributed by atoms with Gasteiger partial charge < -0.3 is 10.1 Å². The van der Waals surface area contributed by atoms with Crippen LogP contribution >= 0.6 is 11.3 Å². The number of rotatable bonds is 3. The highest BCUT2D eigenvalue weighted by molar-refractivity contribution is 7.13. The first-order valence-electron chi connectivity index (χ1n) is 6.83. The van der Waals surface area contributed by atoms with E-state index in [1.807, 2.05) is 63.7 Å². The van der Waals surface area contributed by atoms with Crippen molar-refractivity contribution in [2.75, 3.05) is 0 Å². The molecule has 21 heavy (non-hydrogen) atoms. The van der Waals surface area contributed by atoms with Gasteiger partial charge in [0.15, 0.2) is 0 Å². The summed E-state index contributed by atoms with van der Waals surface area (Å²) in [4.78, 5) is 17.0. The van der Waals surface area contributed by atoms with E-state index in [-0.39, 0.29) is 6.04 Å². The molecule has 1 amide bonds. The van der Waals surface area contributed by atoms with E-state index in [0.717, 1.165) is 16.0 Å². The molecule has 1 heterocycles. The molecule has 0 radical (unpaired) electrons. The normalized spacial score (nSPS) is 12.8. The highest BCUT2D eigenvalue weighted by atomic mass is 32.1. The highest BCUT2D eigenvalue weighted by Gasteiger charge is 2.18. The van der Waals surface area contributed by atoms with Gasteiger partial charge in [-0.3, -0.25) is 4.98 Å². The Morgan fingerprint density at radius 3 is 2.48 bits per heavy atom. The summed E-state index contributed by atoms with van der Waals surface area (Å²) in [5.41, 5.74) is 3.50. The van der Waals surface area contributed by atoms with E-state index in [1.165, 1.54) is 0 Å². The number of carbonyl (C=O) groups excluding carboxylic acids is 1. The van der Waals surface area contributed by atoms with Crippen LogP contribution in [0, 0.1) is 0 Å². The number of thiazole rings is 1. The summed E-state index contributed by atoms with van der Waals surface area (Å²) >= 11 is 1.61. The smallest absolute Gasteiger partial charge is 0.408 e. The number of amides is 1. The van der Waals surface area contributed by atoms with Gasteiger partial charge in [0.2, 0.25) is 0 Å². The van der Waals surface area contributed by atoms with Crippen LogP contribution in [0.4, 0.5) is 4.79 Å². The number of hydrogen-bond donors (Lipinski definition) is 1. The summed E-state index contributed by atoms with van der Waals surface area (Å²) in [6.07, 6.45) is 1.45. The van der Waals surface area contributed by atoms with Crippen LogP contribution in [-0.2, 0) is 4.74 Å². The zero-order valence-electron chi connectivity index (χ0n) is 12.7. The van der Waals surface area contributed by atoms with Gasteiger partial charge in [-0.15, -0.1) is 11.3 Å². The largest absolute Gasteiger partial charge is 0.444 e. The minimum atomic E-state index is -0.486. The lowest BCUT2D eigenvalue weighted by atomic mass is 10.1. The standard InChI is InChI=1S/C16H20N2O2S/c1-11(18-15(19)20-16(2,3)4)12-5-7-13(8-6-12)14-9-17-10-21-14/h5-11H,1-4H3,(H,18,19). The van der Waals surface area contributed by atoms with Gasteiger partial charge in [0, 0.05) is 6.20 Å². The van der Waals surface area contributed by atoms with Gasteiger partial charge in [0.1, 0.15) is 5.60 Å². The molecule has 0 spiro atoms. The maximum Gasteiger partial charge on any atom is 0.408 e. The van der Waals surface area contributed by atoms with Crippen molar-refractivity contribution >= 4 is 17.4 Å². The molecule has 1 unspecified atom stereocenters. The van der Waals surface area contributed by atoms with Crippen molar-refractivity contribution in [3.63, 3.8) is 0 Å². The number of benzene rings is 1. The second-order valence-corrected chi connectivity index (χ2v) is 6.74. The molecule has 5 heteroatoms. The maximum absolute atomic E-state index is 11.8. The topological polar surface area (TPSA) is 51.2 Å². The quantitative estimate of drug-likeness (QED) is 0.914. The van der Waals surface area contributed by atoms with Crippen molar-refractivity contribution in [3.8, 4) is 10.4 Å². The fraction of sp³-hybridized carbons (Fsp3) is 0.375. The molecule has 1 aromatic heterocycles. The van der Waals surface area contributed by atoms with Gasteiger partial charge >= 0.3 is 6.09 Å². The first-order valence-corrected chi connectivity index (χ1v) is 7.71. The summed E-state index contributed by atoms with van der Waals surface area (Å²) in [6.45, 7) is 7.48. The highest BCUT2D eigenvalue weighted by Crippen LogP contribution is 2.25. The molecular formula is C16H20N2O2S. The first-order chi connectivity index (χ1) is 9.85. The molecule has 1 atom stereocenters. The molecule has 0 saturated heterocycles. The predicted molar refractivity (Wildman–Crippen MR) is 85.3 cm³/mol. The molecule has 112 valence electrons. The minimum Gasteiger partial charge on any atom is -0.444 e. The van der Waals surface area contributed by atoms with Gasteiger partial charge in [-0.05, 0) is 38.8 Å². The molecule has 1 aromatic carbocycles. The Labute approximate surface area is 129 Å². The maximum atomic E-state index is 11.8. The Kier molecular flexibility index (Phi) is 4.63. The Morgan fingerprint density at radius 1 is 1.29 bits per heavy atom. The molecule has 0 aliphatic rings. The number of alkyl carbamates (subject to hydrolysis) is 1. The van der Waals surface area contributed by atoms with E-state index in [9.17, 15) is 4.79 Å². The lowest BCUT2D eigenvalue weighted by molar-refractivity contribution is 0.0508.